The van der Waals surface area contributed by atoms with Crippen LogP contribution in [0.4, 0.5) is 13.2 Å². The highest BCUT2D eigenvalue weighted by Crippen LogP contribution is 2.29. The van der Waals surface area contributed by atoms with Gasteiger partial charge in [-0.05, 0) is 45.4 Å². The Morgan fingerprint density at radius 3 is 2.14 bits per heavy atom. The Morgan fingerprint density at radius 1 is 1.05 bits per heavy atom. The normalized spacial score (nSPS) is 12.6. The Morgan fingerprint density at radius 2 is 1.64 bits per heavy atom. The number of benzene rings is 1. The first-order valence-electron chi connectivity index (χ1n) is 7.04. The van der Waals surface area contributed by atoms with Crippen molar-refractivity contribution in [1.29, 1.82) is 0 Å². The maximum absolute atomic E-state index is 12.6. The van der Waals surface area contributed by atoms with Crippen molar-refractivity contribution in [1.82, 2.24) is 0 Å². The Bertz CT molecular complexity index is 440. The maximum Gasteiger partial charge on any atom is 0.416 e. The molecule has 1 aromatic rings. The third-order valence-electron chi connectivity index (χ3n) is 2.48. The van der Waals surface area contributed by atoms with Gasteiger partial charge in [0.1, 0.15) is 0 Å². The molecule has 1 aromatic carbocycles. The maximum atomic E-state index is 12.6. The van der Waals surface area contributed by atoms with Crippen molar-refractivity contribution in [3.05, 3.63) is 35.4 Å². The topological polar surface area (TPSA) is 27.7 Å². The molecule has 0 bridgehead atoms. The van der Waals surface area contributed by atoms with Crippen LogP contribution in [-0.2, 0) is 26.1 Å². The monoisotopic (exact) mass is 334 g/mol. The van der Waals surface area contributed by atoms with E-state index < -0.39 is 18.2 Å². The van der Waals surface area contributed by atoms with E-state index in [0.717, 1.165) is 12.1 Å². The molecule has 0 aliphatic heterocycles. The molecule has 0 fully saturated rings. The van der Waals surface area contributed by atoms with Gasteiger partial charge in [-0.25, -0.2) is 0 Å². The molecular formula is C15H21F3O3Si. The molecule has 22 heavy (non-hydrogen) atoms. The van der Waals surface area contributed by atoms with Crippen molar-refractivity contribution in [2.24, 2.45) is 0 Å². The van der Waals surface area contributed by atoms with Crippen molar-refractivity contribution >= 4 is 9.76 Å². The number of hydrogen-bond acceptors (Lipinski definition) is 3. The summed E-state index contributed by atoms with van der Waals surface area (Å²) in [5.41, 5.74) is -0.0794. The molecule has 1 rings (SSSR count). The van der Waals surface area contributed by atoms with Gasteiger partial charge in [0.25, 0.3) is 6.48 Å². The van der Waals surface area contributed by atoms with E-state index in [4.69, 9.17) is 13.9 Å². The minimum atomic E-state index is -4.33. The standard InChI is InChI=1S/C15H21F3O3Si/c1-10(2)19-14(20-11(3)4)21-22-9-12-6-5-7-13(8-12)15(16,17)18/h5-8,10-11,14H,9H2,1-4H3. The second-order valence-electron chi connectivity index (χ2n) is 5.30. The molecular weight excluding hydrogens is 313 g/mol. The van der Waals surface area contributed by atoms with E-state index in [9.17, 15) is 13.2 Å². The average Bonchev–Trinajstić information content (AvgIpc) is 2.36. The predicted octanol–water partition coefficient (Wildman–Crippen LogP) is 3.97. The third-order valence-corrected chi connectivity index (χ3v) is 3.39. The lowest BCUT2D eigenvalue weighted by Crippen LogP contribution is -2.29. The van der Waals surface area contributed by atoms with E-state index in [1.54, 1.807) is 6.07 Å². The first kappa shape index (κ1) is 19.2. The number of hydrogen-bond donors (Lipinski definition) is 0. The fourth-order valence-corrected chi connectivity index (χ4v) is 2.30. The van der Waals surface area contributed by atoms with Crippen LogP contribution >= 0.6 is 0 Å². The highest BCUT2D eigenvalue weighted by atomic mass is 28.2. The minimum Gasteiger partial charge on any atom is -0.372 e. The van der Waals surface area contributed by atoms with Crippen molar-refractivity contribution < 1.29 is 27.1 Å². The summed E-state index contributed by atoms with van der Waals surface area (Å²) in [6, 6.07) is 5.61. The first-order valence-corrected chi connectivity index (χ1v) is 8.15. The van der Waals surface area contributed by atoms with Crippen LogP contribution in [0.2, 0.25) is 0 Å². The highest BCUT2D eigenvalue weighted by molar-refractivity contribution is 6.26. The summed E-state index contributed by atoms with van der Waals surface area (Å²) in [6.07, 6.45) is -4.46. The fourth-order valence-electron chi connectivity index (χ4n) is 1.58. The summed E-state index contributed by atoms with van der Waals surface area (Å²) >= 11 is 0. The van der Waals surface area contributed by atoms with Gasteiger partial charge in [0, 0.05) is 0 Å². The zero-order valence-electron chi connectivity index (χ0n) is 13.1. The molecule has 0 unspecified atom stereocenters. The molecule has 0 atom stereocenters. The smallest absolute Gasteiger partial charge is 0.372 e. The van der Waals surface area contributed by atoms with E-state index in [0.29, 0.717) is 11.6 Å². The Balaban J connectivity index is 2.54. The zero-order valence-corrected chi connectivity index (χ0v) is 14.1. The third kappa shape index (κ3) is 7.39. The fraction of sp³-hybridized carbons (Fsp3) is 0.600. The lowest BCUT2D eigenvalue weighted by atomic mass is 10.1. The SMILES string of the molecule is CC(C)OC(O[Si]Cc1cccc(C(F)(F)F)c1)OC(C)C. The van der Waals surface area contributed by atoms with Crippen molar-refractivity contribution in [3.63, 3.8) is 0 Å². The molecule has 0 heterocycles. The van der Waals surface area contributed by atoms with E-state index >= 15 is 0 Å². The minimum absolute atomic E-state index is 0.0485. The second kappa shape index (κ2) is 8.66. The van der Waals surface area contributed by atoms with Crippen molar-refractivity contribution in [2.75, 3.05) is 0 Å². The molecule has 0 aliphatic rings. The summed E-state index contributed by atoms with van der Waals surface area (Å²) in [4.78, 5) is 0. The summed E-state index contributed by atoms with van der Waals surface area (Å²) in [6.45, 7) is 6.63. The second-order valence-corrected chi connectivity index (χ2v) is 6.17. The molecule has 0 saturated heterocycles. The van der Waals surface area contributed by atoms with Gasteiger partial charge in [-0.1, -0.05) is 18.2 Å². The molecule has 0 saturated carbocycles. The predicted molar refractivity (Wildman–Crippen MR) is 78.2 cm³/mol. The Labute approximate surface area is 131 Å². The van der Waals surface area contributed by atoms with E-state index in [1.165, 1.54) is 6.07 Å². The van der Waals surface area contributed by atoms with Gasteiger partial charge in [-0.15, -0.1) is 0 Å². The average molecular weight is 334 g/mol. The highest BCUT2D eigenvalue weighted by Gasteiger charge is 2.30. The first-order chi connectivity index (χ1) is 10.2. The van der Waals surface area contributed by atoms with Gasteiger partial charge in [0.15, 0.2) is 0 Å². The molecule has 0 aliphatic carbocycles. The molecule has 124 valence electrons. The van der Waals surface area contributed by atoms with Crippen LogP contribution in [-0.4, -0.2) is 28.4 Å². The summed E-state index contributed by atoms with van der Waals surface area (Å²) in [5.74, 6) is 0. The summed E-state index contributed by atoms with van der Waals surface area (Å²) in [5, 5.41) is 0. The quantitative estimate of drug-likeness (QED) is 0.532. The van der Waals surface area contributed by atoms with Crippen LogP contribution < -0.4 is 0 Å². The Hall–Kier alpha value is -0.893. The summed E-state index contributed by atoms with van der Waals surface area (Å²) in [7, 11) is -0.0485. The van der Waals surface area contributed by atoms with E-state index in [1.807, 2.05) is 27.7 Å². The van der Waals surface area contributed by atoms with Crippen LogP contribution in [0.25, 0.3) is 0 Å². The van der Waals surface area contributed by atoms with Gasteiger partial charge < -0.3 is 13.9 Å². The van der Waals surface area contributed by atoms with Gasteiger partial charge in [-0.3, -0.25) is 0 Å². The number of halogens is 3. The molecule has 3 nitrogen and oxygen atoms in total. The van der Waals surface area contributed by atoms with Gasteiger partial charge in [0.2, 0.25) is 9.76 Å². The summed E-state index contributed by atoms with van der Waals surface area (Å²) < 4.78 is 54.3. The van der Waals surface area contributed by atoms with Gasteiger partial charge in [0.05, 0.1) is 17.8 Å². The van der Waals surface area contributed by atoms with Crippen molar-refractivity contribution in [3.8, 4) is 0 Å². The van der Waals surface area contributed by atoms with Gasteiger partial charge in [-0.2, -0.15) is 13.2 Å². The molecule has 0 spiro atoms. The largest absolute Gasteiger partial charge is 0.416 e. The molecule has 0 amide bonds. The van der Waals surface area contributed by atoms with E-state index in [-0.39, 0.29) is 22.0 Å². The van der Waals surface area contributed by atoms with Crippen LogP contribution in [0.5, 0.6) is 0 Å². The van der Waals surface area contributed by atoms with Crippen molar-refractivity contribution in [2.45, 2.75) is 58.6 Å². The zero-order chi connectivity index (χ0) is 16.8. The lowest BCUT2D eigenvalue weighted by Gasteiger charge is -2.22. The molecule has 0 N–H and O–H groups in total. The molecule has 2 radical (unpaired) electrons. The number of rotatable bonds is 8. The van der Waals surface area contributed by atoms with Gasteiger partial charge >= 0.3 is 6.18 Å². The van der Waals surface area contributed by atoms with Crippen LogP contribution in [0, 0.1) is 0 Å². The lowest BCUT2D eigenvalue weighted by molar-refractivity contribution is -0.275. The van der Waals surface area contributed by atoms with Crippen LogP contribution in [0.1, 0.15) is 38.8 Å². The Kier molecular flexibility index (Phi) is 7.54. The number of ether oxygens (including phenoxy) is 2. The van der Waals surface area contributed by atoms with Crippen LogP contribution in [0.3, 0.4) is 0 Å². The molecule has 0 aromatic heterocycles. The molecule has 7 heteroatoms. The van der Waals surface area contributed by atoms with E-state index in [2.05, 4.69) is 0 Å². The number of alkyl halides is 3. The van der Waals surface area contributed by atoms with Crippen LogP contribution in [0.15, 0.2) is 24.3 Å².